The summed E-state index contributed by atoms with van der Waals surface area (Å²) in [6.07, 6.45) is 1.66. The number of rotatable bonds is 3. The van der Waals surface area contributed by atoms with Crippen LogP contribution in [0.2, 0.25) is 5.02 Å². The van der Waals surface area contributed by atoms with E-state index in [4.69, 9.17) is 27.9 Å². The number of pyridine rings is 1. The van der Waals surface area contributed by atoms with Crippen molar-refractivity contribution in [2.45, 2.75) is 12.8 Å². The average molecular weight is 347 g/mol. The minimum atomic E-state index is 0.325. The fraction of sp³-hybridized carbons (Fsp3) is 0.154. The van der Waals surface area contributed by atoms with E-state index in [0.717, 1.165) is 15.6 Å². The molecule has 0 saturated heterocycles. The number of aromatic nitrogens is 1. The fourth-order valence-electron chi connectivity index (χ4n) is 1.45. The molecule has 5 heteroatoms. The monoisotopic (exact) mass is 345 g/mol. The van der Waals surface area contributed by atoms with Crippen molar-refractivity contribution >= 4 is 39.1 Å². The van der Waals surface area contributed by atoms with E-state index in [2.05, 4.69) is 20.9 Å². The number of halogens is 3. The van der Waals surface area contributed by atoms with Gasteiger partial charge < -0.3 is 4.74 Å². The highest BCUT2D eigenvalue weighted by molar-refractivity contribution is 9.10. The number of aryl methyl sites for hydroxylation is 1. The van der Waals surface area contributed by atoms with Crippen molar-refractivity contribution in [1.29, 1.82) is 0 Å². The third-order valence-electron chi connectivity index (χ3n) is 2.33. The molecule has 0 N–H and O–H groups in total. The summed E-state index contributed by atoms with van der Waals surface area (Å²) < 4.78 is 6.58. The molecule has 0 fully saturated rings. The average Bonchev–Trinajstić information content (AvgIpc) is 2.36. The molecule has 94 valence electrons. The highest BCUT2D eigenvalue weighted by Gasteiger charge is 2.09. The van der Waals surface area contributed by atoms with Crippen LogP contribution in [0.1, 0.15) is 11.1 Å². The Morgan fingerprint density at radius 3 is 2.83 bits per heavy atom. The van der Waals surface area contributed by atoms with Crippen LogP contribution in [0.5, 0.6) is 11.6 Å². The van der Waals surface area contributed by atoms with Gasteiger partial charge in [0.2, 0.25) is 5.88 Å². The first kappa shape index (κ1) is 13.7. The van der Waals surface area contributed by atoms with Gasteiger partial charge in [-0.15, -0.1) is 11.6 Å². The van der Waals surface area contributed by atoms with Crippen LogP contribution in [-0.2, 0) is 5.88 Å². The number of benzene rings is 1. The first-order chi connectivity index (χ1) is 8.60. The van der Waals surface area contributed by atoms with E-state index < -0.39 is 0 Å². The molecule has 1 heterocycles. The van der Waals surface area contributed by atoms with E-state index in [-0.39, 0.29) is 0 Å². The van der Waals surface area contributed by atoms with E-state index in [1.54, 1.807) is 12.3 Å². The molecule has 0 aliphatic carbocycles. The largest absolute Gasteiger partial charge is 0.437 e. The van der Waals surface area contributed by atoms with Gasteiger partial charge in [-0.2, -0.15) is 0 Å². The Kier molecular flexibility index (Phi) is 4.49. The second-order valence-electron chi connectivity index (χ2n) is 3.79. The lowest BCUT2D eigenvalue weighted by atomic mass is 10.2. The standard InChI is InChI=1S/C13H10BrCl2NO/c1-8-2-3-11(16)12(4-8)18-13-9(6-15)5-10(14)7-17-13/h2-5,7H,6H2,1H3. The molecule has 2 nitrogen and oxygen atoms in total. The summed E-state index contributed by atoms with van der Waals surface area (Å²) in [6, 6.07) is 7.46. The van der Waals surface area contributed by atoms with Crippen LogP contribution in [0, 0.1) is 6.92 Å². The van der Waals surface area contributed by atoms with E-state index in [9.17, 15) is 0 Å². The van der Waals surface area contributed by atoms with Crippen LogP contribution in [0.3, 0.4) is 0 Å². The van der Waals surface area contributed by atoms with Crippen LogP contribution in [0.25, 0.3) is 0 Å². The van der Waals surface area contributed by atoms with Gasteiger partial charge in [-0.1, -0.05) is 17.7 Å². The molecule has 0 atom stereocenters. The normalized spacial score (nSPS) is 10.4. The summed E-state index contributed by atoms with van der Waals surface area (Å²) in [6.45, 7) is 1.97. The minimum Gasteiger partial charge on any atom is -0.437 e. The topological polar surface area (TPSA) is 22.1 Å². The summed E-state index contributed by atoms with van der Waals surface area (Å²) in [5.41, 5.74) is 1.88. The van der Waals surface area contributed by atoms with E-state index >= 15 is 0 Å². The zero-order valence-corrected chi connectivity index (χ0v) is 12.7. The lowest BCUT2D eigenvalue weighted by Crippen LogP contribution is -1.94. The first-order valence-electron chi connectivity index (χ1n) is 5.24. The smallest absolute Gasteiger partial charge is 0.223 e. The Balaban J connectivity index is 2.36. The quantitative estimate of drug-likeness (QED) is 0.700. The SMILES string of the molecule is Cc1ccc(Cl)c(Oc2ncc(Br)cc2CCl)c1. The van der Waals surface area contributed by atoms with E-state index in [1.807, 2.05) is 25.1 Å². The van der Waals surface area contributed by atoms with Gasteiger partial charge in [-0.3, -0.25) is 0 Å². The molecule has 0 spiro atoms. The summed E-state index contributed by atoms with van der Waals surface area (Å²) in [7, 11) is 0. The van der Waals surface area contributed by atoms with Gasteiger partial charge in [0.15, 0.2) is 0 Å². The number of ether oxygens (including phenoxy) is 1. The Bertz CT molecular complexity index is 575. The van der Waals surface area contributed by atoms with Crippen LogP contribution < -0.4 is 4.74 Å². The molecule has 18 heavy (non-hydrogen) atoms. The molecule has 0 amide bonds. The first-order valence-corrected chi connectivity index (χ1v) is 6.95. The second-order valence-corrected chi connectivity index (χ2v) is 5.38. The van der Waals surface area contributed by atoms with Gasteiger partial charge in [0.25, 0.3) is 0 Å². The molecular weight excluding hydrogens is 337 g/mol. The summed E-state index contributed by atoms with van der Waals surface area (Å²) in [5, 5.41) is 0.547. The summed E-state index contributed by atoms with van der Waals surface area (Å²) in [4.78, 5) is 4.20. The zero-order chi connectivity index (χ0) is 13.1. The maximum Gasteiger partial charge on any atom is 0.223 e. The Hall–Kier alpha value is -0.770. The molecule has 0 bridgehead atoms. The highest BCUT2D eigenvalue weighted by atomic mass is 79.9. The zero-order valence-electron chi connectivity index (χ0n) is 9.58. The van der Waals surface area contributed by atoms with Crippen molar-refractivity contribution in [3.63, 3.8) is 0 Å². The summed E-state index contributed by atoms with van der Waals surface area (Å²) in [5.74, 6) is 1.38. The lowest BCUT2D eigenvalue weighted by molar-refractivity contribution is 0.458. The third kappa shape index (κ3) is 3.16. The molecular formula is C13H10BrCl2NO. The van der Waals surface area contributed by atoms with E-state index in [0.29, 0.717) is 22.5 Å². The molecule has 0 unspecified atom stereocenters. The lowest BCUT2D eigenvalue weighted by Gasteiger charge is -2.10. The van der Waals surface area contributed by atoms with E-state index in [1.165, 1.54) is 0 Å². The van der Waals surface area contributed by atoms with Crippen molar-refractivity contribution < 1.29 is 4.74 Å². The van der Waals surface area contributed by atoms with Crippen LogP contribution in [-0.4, -0.2) is 4.98 Å². The van der Waals surface area contributed by atoms with Gasteiger partial charge >= 0.3 is 0 Å². The van der Waals surface area contributed by atoms with Gasteiger partial charge in [-0.25, -0.2) is 4.98 Å². The molecule has 1 aromatic carbocycles. The summed E-state index contributed by atoms with van der Waals surface area (Å²) >= 11 is 15.3. The van der Waals surface area contributed by atoms with Crippen LogP contribution in [0.4, 0.5) is 0 Å². The highest BCUT2D eigenvalue weighted by Crippen LogP contribution is 2.32. The predicted molar refractivity (Wildman–Crippen MR) is 77.8 cm³/mol. The minimum absolute atomic E-state index is 0.325. The number of alkyl halides is 1. The number of nitrogens with zero attached hydrogens (tertiary/aromatic N) is 1. The van der Waals surface area contributed by atoms with Crippen molar-refractivity contribution in [1.82, 2.24) is 4.98 Å². The van der Waals surface area contributed by atoms with Crippen molar-refractivity contribution in [2.75, 3.05) is 0 Å². The van der Waals surface area contributed by atoms with Crippen LogP contribution in [0.15, 0.2) is 34.9 Å². The van der Waals surface area contributed by atoms with Gasteiger partial charge in [0.1, 0.15) is 5.75 Å². The second kappa shape index (κ2) is 5.91. The number of hydrogen-bond acceptors (Lipinski definition) is 2. The molecule has 0 aliphatic heterocycles. The molecule has 0 saturated carbocycles. The Labute approximate surface area is 124 Å². The van der Waals surface area contributed by atoms with Gasteiger partial charge in [0.05, 0.1) is 10.9 Å². The molecule has 2 aromatic rings. The van der Waals surface area contributed by atoms with Gasteiger partial charge in [0, 0.05) is 16.2 Å². The van der Waals surface area contributed by atoms with Gasteiger partial charge in [-0.05, 0) is 46.6 Å². The Morgan fingerprint density at radius 2 is 2.11 bits per heavy atom. The van der Waals surface area contributed by atoms with Crippen LogP contribution >= 0.6 is 39.1 Å². The fourth-order valence-corrected chi connectivity index (χ4v) is 2.18. The molecule has 2 rings (SSSR count). The molecule has 0 aliphatic rings. The maximum absolute atomic E-state index is 6.08. The third-order valence-corrected chi connectivity index (χ3v) is 3.36. The number of hydrogen-bond donors (Lipinski definition) is 0. The molecule has 0 radical (unpaired) electrons. The van der Waals surface area contributed by atoms with Crippen molar-refractivity contribution in [3.8, 4) is 11.6 Å². The Morgan fingerprint density at radius 1 is 1.33 bits per heavy atom. The molecule has 1 aromatic heterocycles. The van der Waals surface area contributed by atoms with Crippen molar-refractivity contribution in [3.05, 3.63) is 51.1 Å². The van der Waals surface area contributed by atoms with Crippen molar-refractivity contribution in [2.24, 2.45) is 0 Å². The predicted octanol–water partition coefficient (Wildman–Crippen LogP) is 5.34. The maximum atomic E-state index is 6.08.